The van der Waals surface area contributed by atoms with Gasteiger partial charge in [0.25, 0.3) is 0 Å². The van der Waals surface area contributed by atoms with Crippen LogP contribution >= 0.6 is 11.3 Å². The van der Waals surface area contributed by atoms with E-state index in [-0.39, 0.29) is 5.91 Å². The molecule has 0 aliphatic heterocycles. The summed E-state index contributed by atoms with van der Waals surface area (Å²) in [6.07, 6.45) is 2.70. The maximum atomic E-state index is 12.4. The number of rotatable bonds is 3. The van der Waals surface area contributed by atoms with Crippen LogP contribution in [0.1, 0.15) is 19.8 Å². The summed E-state index contributed by atoms with van der Waals surface area (Å²) in [6.45, 7) is 1.87. The van der Waals surface area contributed by atoms with Gasteiger partial charge in [0.1, 0.15) is 0 Å². The molecule has 1 heterocycles. The highest BCUT2D eigenvalue weighted by molar-refractivity contribution is 7.22. The predicted molar refractivity (Wildman–Crippen MR) is 83.2 cm³/mol. The minimum atomic E-state index is -1.17. The molecule has 2 aromatic rings. The molecule has 5 nitrogen and oxygen atoms in total. The van der Waals surface area contributed by atoms with Gasteiger partial charge in [-0.1, -0.05) is 35.1 Å². The van der Waals surface area contributed by atoms with Crippen molar-refractivity contribution in [3.8, 4) is 0 Å². The van der Waals surface area contributed by atoms with Crippen LogP contribution in [-0.4, -0.2) is 16.9 Å². The van der Waals surface area contributed by atoms with Crippen molar-refractivity contribution in [2.24, 2.45) is 11.8 Å². The molecule has 0 spiro atoms. The van der Waals surface area contributed by atoms with Crippen molar-refractivity contribution in [2.75, 3.05) is 5.32 Å². The van der Waals surface area contributed by atoms with E-state index < -0.39 is 17.8 Å². The molecule has 0 fully saturated rings. The first kappa shape index (κ1) is 14.7. The molecule has 1 aromatic heterocycles. The first-order chi connectivity index (χ1) is 10.5. The molecule has 1 amide bonds. The zero-order chi connectivity index (χ0) is 15.7. The molecular formula is C16H15N2O3S-. The SMILES string of the molecule is CC1=CC[C@H](C(=O)Nc2nc3ccccc3s2)[C@H](C(=O)[O-])C1. The van der Waals surface area contributed by atoms with Crippen LogP contribution < -0.4 is 10.4 Å². The van der Waals surface area contributed by atoms with Crippen molar-refractivity contribution < 1.29 is 14.7 Å². The average molecular weight is 315 g/mol. The number of carbonyl (C=O) groups excluding carboxylic acids is 2. The van der Waals surface area contributed by atoms with Gasteiger partial charge in [-0.25, -0.2) is 4.98 Å². The fourth-order valence-electron chi connectivity index (χ4n) is 2.73. The minimum Gasteiger partial charge on any atom is -0.550 e. The number of para-hydroxylation sites is 1. The van der Waals surface area contributed by atoms with E-state index in [9.17, 15) is 14.7 Å². The van der Waals surface area contributed by atoms with Crippen molar-refractivity contribution >= 4 is 38.6 Å². The fraction of sp³-hybridized carbons (Fsp3) is 0.312. The van der Waals surface area contributed by atoms with Crippen LogP contribution in [0.2, 0.25) is 0 Å². The number of fused-ring (bicyclic) bond motifs is 1. The van der Waals surface area contributed by atoms with Gasteiger partial charge >= 0.3 is 0 Å². The lowest BCUT2D eigenvalue weighted by molar-refractivity contribution is -0.313. The van der Waals surface area contributed by atoms with Gasteiger partial charge in [0.15, 0.2) is 5.13 Å². The van der Waals surface area contributed by atoms with E-state index in [4.69, 9.17) is 0 Å². The summed E-state index contributed by atoms with van der Waals surface area (Å²) in [5, 5.41) is 14.5. The number of hydrogen-bond acceptors (Lipinski definition) is 5. The second-order valence-electron chi connectivity index (χ2n) is 5.50. The lowest BCUT2D eigenvalue weighted by Crippen LogP contribution is -2.42. The molecule has 1 aliphatic carbocycles. The molecule has 22 heavy (non-hydrogen) atoms. The highest BCUT2D eigenvalue weighted by Gasteiger charge is 2.31. The smallest absolute Gasteiger partial charge is 0.230 e. The van der Waals surface area contributed by atoms with Gasteiger partial charge in [0.05, 0.1) is 16.1 Å². The van der Waals surface area contributed by atoms with Crippen LogP contribution in [0, 0.1) is 11.8 Å². The van der Waals surface area contributed by atoms with Crippen molar-refractivity contribution in [3.63, 3.8) is 0 Å². The Bertz CT molecular complexity index is 733. The third kappa shape index (κ3) is 2.87. The summed E-state index contributed by atoms with van der Waals surface area (Å²) in [5.74, 6) is -2.87. The highest BCUT2D eigenvalue weighted by atomic mass is 32.1. The summed E-state index contributed by atoms with van der Waals surface area (Å²) < 4.78 is 0.980. The number of nitrogens with zero attached hydrogens (tertiary/aromatic N) is 1. The van der Waals surface area contributed by atoms with Gasteiger partial charge in [0, 0.05) is 11.9 Å². The number of benzene rings is 1. The second-order valence-corrected chi connectivity index (χ2v) is 6.53. The Morgan fingerprint density at radius 1 is 1.32 bits per heavy atom. The topological polar surface area (TPSA) is 82.1 Å². The zero-order valence-corrected chi connectivity index (χ0v) is 12.9. The Hall–Kier alpha value is -2.21. The summed E-state index contributed by atoms with van der Waals surface area (Å²) in [4.78, 5) is 28.0. The molecule has 0 unspecified atom stereocenters. The largest absolute Gasteiger partial charge is 0.550 e. The van der Waals surface area contributed by atoms with Gasteiger partial charge in [-0.3, -0.25) is 4.79 Å². The molecule has 1 aliphatic rings. The van der Waals surface area contributed by atoms with E-state index in [2.05, 4.69) is 10.3 Å². The van der Waals surface area contributed by atoms with Crippen molar-refractivity contribution in [1.82, 2.24) is 4.98 Å². The number of thiazole rings is 1. The number of carboxylic acid groups (broad SMARTS) is 1. The molecule has 1 aromatic carbocycles. The number of amides is 1. The van der Waals surface area contributed by atoms with Crippen LogP contribution in [0.5, 0.6) is 0 Å². The van der Waals surface area contributed by atoms with E-state index in [1.54, 1.807) is 0 Å². The van der Waals surface area contributed by atoms with Gasteiger partial charge in [-0.05, 0) is 31.9 Å². The lowest BCUT2D eigenvalue weighted by Gasteiger charge is -2.30. The van der Waals surface area contributed by atoms with Crippen molar-refractivity contribution in [3.05, 3.63) is 35.9 Å². The predicted octanol–water partition coefficient (Wildman–Crippen LogP) is 1.96. The Balaban J connectivity index is 1.79. The molecule has 6 heteroatoms. The molecule has 0 bridgehead atoms. The number of aliphatic carboxylic acids is 1. The quantitative estimate of drug-likeness (QED) is 0.878. The number of carboxylic acids is 1. The Morgan fingerprint density at radius 3 is 2.82 bits per heavy atom. The Morgan fingerprint density at radius 2 is 2.09 bits per heavy atom. The van der Waals surface area contributed by atoms with Crippen LogP contribution in [-0.2, 0) is 9.59 Å². The van der Waals surface area contributed by atoms with E-state index in [0.717, 1.165) is 15.8 Å². The summed E-state index contributed by atoms with van der Waals surface area (Å²) in [5.41, 5.74) is 1.80. The van der Waals surface area contributed by atoms with Crippen LogP contribution in [0.4, 0.5) is 5.13 Å². The average Bonchev–Trinajstić information content (AvgIpc) is 2.89. The maximum absolute atomic E-state index is 12.4. The van der Waals surface area contributed by atoms with E-state index >= 15 is 0 Å². The van der Waals surface area contributed by atoms with Crippen molar-refractivity contribution in [2.45, 2.75) is 19.8 Å². The summed E-state index contributed by atoms with van der Waals surface area (Å²) in [6, 6.07) is 7.60. The fourth-order valence-corrected chi connectivity index (χ4v) is 3.59. The Labute approximate surface area is 131 Å². The lowest BCUT2D eigenvalue weighted by atomic mass is 9.79. The summed E-state index contributed by atoms with van der Waals surface area (Å²) >= 11 is 1.38. The molecule has 0 saturated heterocycles. The Kier molecular flexibility index (Phi) is 3.94. The maximum Gasteiger partial charge on any atom is 0.230 e. The molecule has 3 rings (SSSR count). The molecule has 1 N–H and O–H groups in total. The molecule has 114 valence electrons. The van der Waals surface area contributed by atoms with Gasteiger partial charge in [0.2, 0.25) is 5.91 Å². The second kappa shape index (κ2) is 5.88. The number of nitrogens with one attached hydrogen (secondary N) is 1. The monoisotopic (exact) mass is 315 g/mol. The van der Waals surface area contributed by atoms with Gasteiger partial charge in [-0.15, -0.1) is 0 Å². The summed E-state index contributed by atoms with van der Waals surface area (Å²) in [7, 11) is 0. The standard InChI is InChI=1S/C16H16N2O3S/c1-9-6-7-10(11(8-9)15(20)21)14(19)18-16-17-12-4-2-3-5-13(12)22-16/h2-6,10-11H,7-8H2,1H3,(H,20,21)(H,17,18,19)/p-1/t10-,11+/m0/s1. The number of anilines is 1. The normalized spacial score (nSPS) is 21.4. The number of hydrogen-bond donors (Lipinski definition) is 1. The van der Waals surface area contributed by atoms with Gasteiger partial charge < -0.3 is 15.2 Å². The number of allylic oxidation sites excluding steroid dienone is 2. The first-order valence-electron chi connectivity index (χ1n) is 7.07. The van der Waals surface area contributed by atoms with Crippen LogP contribution in [0.3, 0.4) is 0 Å². The molecule has 0 radical (unpaired) electrons. The zero-order valence-electron chi connectivity index (χ0n) is 12.0. The third-order valence-corrected chi connectivity index (χ3v) is 4.86. The van der Waals surface area contributed by atoms with Crippen LogP contribution in [0.15, 0.2) is 35.9 Å². The minimum absolute atomic E-state index is 0.308. The van der Waals surface area contributed by atoms with Crippen LogP contribution in [0.25, 0.3) is 10.2 Å². The molecular weight excluding hydrogens is 300 g/mol. The third-order valence-electron chi connectivity index (χ3n) is 3.91. The highest BCUT2D eigenvalue weighted by Crippen LogP contribution is 2.31. The van der Waals surface area contributed by atoms with E-state index in [1.165, 1.54) is 11.3 Å². The van der Waals surface area contributed by atoms with Gasteiger partial charge in [-0.2, -0.15) is 0 Å². The molecule has 0 saturated carbocycles. The molecule has 2 atom stereocenters. The number of carbonyl (C=O) groups is 2. The van der Waals surface area contributed by atoms with E-state index in [1.807, 2.05) is 37.3 Å². The first-order valence-corrected chi connectivity index (χ1v) is 7.89. The van der Waals surface area contributed by atoms with E-state index in [0.29, 0.717) is 18.0 Å². The number of aromatic nitrogens is 1. The van der Waals surface area contributed by atoms with Crippen molar-refractivity contribution in [1.29, 1.82) is 0 Å².